The summed E-state index contributed by atoms with van der Waals surface area (Å²) in [5.41, 5.74) is 6.99. The Labute approximate surface area is 108 Å². The molecule has 4 nitrogen and oxygen atoms in total. The average molecular weight is 244 g/mol. The van der Waals surface area contributed by atoms with Gasteiger partial charge in [0.25, 0.3) is 0 Å². The molecule has 3 N–H and O–H groups in total. The van der Waals surface area contributed by atoms with Crippen molar-refractivity contribution in [3.63, 3.8) is 0 Å². The highest BCUT2D eigenvalue weighted by Gasteiger charge is 2.33. The Morgan fingerprint density at radius 3 is 2.56 bits per heavy atom. The highest BCUT2D eigenvalue weighted by molar-refractivity contribution is 5.92. The van der Waals surface area contributed by atoms with Crippen LogP contribution in [-0.4, -0.2) is 36.5 Å². The van der Waals surface area contributed by atoms with E-state index in [-0.39, 0.29) is 0 Å². The Bertz CT molecular complexity index is 421. The summed E-state index contributed by atoms with van der Waals surface area (Å²) >= 11 is 0. The molecule has 0 aromatic heterocycles. The molecule has 4 rings (SSSR count). The molecular formula is C14H20N4. The quantitative estimate of drug-likeness (QED) is 0.612. The molecule has 18 heavy (non-hydrogen) atoms. The van der Waals surface area contributed by atoms with Crippen molar-refractivity contribution in [1.29, 1.82) is 0 Å². The number of fused-ring (bicyclic) bond motifs is 3. The lowest BCUT2D eigenvalue weighted by atomic mass is 9.84. The summed E-state index contributed by atoms with van der Waals surface area (Å²) in [6.07, 6.45) is 2.54. The van der Waals surface area contributed by atoms with Crippen molar-refractivity contribution < 1.29 is 0 Å². The molecule has 1 atom stereocenters. The maximum Gasteiger partial charge on any atom is 0.193 e. The monoisotopic (exact) mass is 244 g/mol. The second-order valence-electron chi connectivity index (χ2n) is 5.21. The number of benzene rings is 1. The fourth-order valence-electron chi connectivity index (χ4n) is 2.96. The van der Waals surface area contributed by atoms with E-state index in [1.54, 1.807) is 0 Å². The lowest BCUT2D eigenvalue weighted by Gasteiger charge is -2.43. The van der Waals surface area contributed by atoms with Crippen LogP contribution in [0.5, 0.6) is 0 Å². The van der Waals surface area contributed by atoms with Crippen molar-refractivity contribution in [2.45, 2.75) is 18.9 Å². The fourth-order valence-corrected chi connectivity index (χ4v) is 2.96. The third kappa shape index (κ3) is 2.48. The number of nitrogens with zero attached hydrogens (tertiary/aromatic N) is 2. The van der Waals surface area contributed by atoms with Gasteiger partial charge in [0.15, 0.2) is 5.96 Å². The van der Waals surface area contributed by atoms with E-state index in [1.807, 2.05) is 30.3 Å². The van der Waals surface area contributed by atoms with Gasteiger partial charge in [0.1, 0.15) is 0 Å². The van der Waals surface area contributed by atoms with Crippen LogP contribution in [0.3, 0.4) is 0 Å². The van der Waals surface area contributed by atoms with Gasteiger partial charge in [0.05, 0.1) is 6.04 Å². The molecule has 1 aromatic rings. The number of guanidine groups is 1. The molecule has 1 unspecified atom stereocenters. The van der Waals surface area contributed by atoms with Gasteiger partial charge in [-0.2, -0.15) is 0 Å². The van der Waals surface area contributed by atoms with Crippen LogP contribution in [0.2, 0.25) is 0 Å². The molecule has 3 aliphatic heterocycles. The number of piperidine rings is 3. The highest BCUT2D eigenvalue weighted by Crippen LogP contribution is 2.29. The number of anilines is 1. The zero-order valence-corrected chi connectivity index (χ0v) is 10.5. The molecule has 0 radical (unpaired) electrons. The maximum atomic E-state index is 5.99. The molecule has 0 amide bonds. The van der Waals surface area contributed by atoms with Crippen LogP contribution in [0.1, 0.15) is 12.8 Å². The fraction of sp³-hybridized carbons (Fsp3) is 0.500. The predicted molar refractivity (Wildman–Crippen MR) is 74.6 cm³/mol. The van der Waals surface area contributed by atoms with E-state index in [0.29, 0.717) is 12.0 Å². The van der Waals surface area contributed by atoms with Crippen LogP contribution in [-0.2, 0) is 0 Å². The van der Waals surface area contributed by atoms with E-state index in [1.165, 1.54) is 25.9 Å². The topological polar surface area (TPSA) is 53.6 Å². The van der Waals surface area contributed by atoms with E-state index >= 15 is 0 Å². The van der Waals surface area contributed by atoms with Gasteiger partial charge in [-0.25, -0.2) is 4.99 Å². The smallest absolute Gasteiger partial charge is 0.193 e. The molecule has 96 valence electrons. The van der Waals surface area contributed by atoms with Crippen LogP contribution < -0.4 is 11.1 Å². The Morgan fingerprint density at radius 2 is 1.94 bits per heavy atom. The first kappa shape index (κ1) is 11.5. The van der Waals surface area contributed by atoms with E-state index in [2.05, 4.69) is 15.2 Å². The first-order chi connectivity index (χ1) is 8.81. The summed E-state index contributed by atoms with van der Waals surface area (Å²) in [5, 5.41) is 3.16. The number of hydrogen-bond acceptors (Lipinski definition) is 2. The molecule has 0 saturated carbocycles. The Morgan fingerprint density at radius 1 is 1.22 bits per heavy atom. The van der Waals surface area contributed by atoms with Crippen molar-refractivity contribution >= 4 is 11.6 Å². The standard InChI is InChI=1S/C14H20N4/c15-14(16-12-4-2-1-3-5-12)17-13-10-18-8-6-11(13)7-9-18/h1-5,11,13H,6-10H2,(H3,15,16,17). The predicted octanol–water partition coefficient (Wildman–Crippen LogP) is 1.51. The van der Waals surface area contributed by atoms with Gasteiger partial charge < -0.3 is 16.0 Å². The summed E-state index contributed by atoms with van der Waals surface area (Å²) in [7, 11) is 0. The van der Waals surface area contributed by atoms with Gasteiger partial charge in [0, 0.05) is 12.2 Å². The lowest BCUT2D eigenvalue weighted by Crippen LogP contribution is -2.50. The van der Waals surface area contributed by atoms with Crippen molar-refractivity contribution in [3.05, 3.63) is 30.3 Å². The van der Waals surface area contributed by atoms with E-state index in [0.717, 1.165) is 18.2 Å². The Balaban J connectivity index is 1.65. The minimum Gasteiger partial charge on any atom is -0.370 e. The van der Waals surface area contributed by atoms with Gasteiger partial charge in [-0.1, -0.05) is 18.2 Å². The van der Waals surface area contributed by atoms with Crippen molar-refractivity contribution in [3.8, 4) is 0 Å². The van der Waals surface area contributed by atoms with E-state index in [4.69, 9.17) is 5.73 Å². The molecule has 1 aromatic carbocycles. The molecule has 3 saturated heterocycles. The minimum absolute atomic E-state index is 0.378. The van der Waals surface area contributed by atoms with Gasteiger partial charge in [0.2, 0.25) is 0 Å². The molecule has 3 fully saturated rings. The summed E-state index contributed by atoms with van der Waals surface area (Å²) in [5.74, 6) is 1.27. The number of rotatable bonds is 2. The van der Waals surface area contributed by atoms with Crippen molar-refractivity contribution in [2.75, 3.05) is 25.0 Å². The van der Waals surface area contributed by atoms with Crippen LogP contribution >= 0.6 is 0 Å². The molecular weight excluding hydrogens is 224 g/mol. The summed E-state index contributed by atoms with van der Waals surface area (Å²) < 4.78 is 0. The van der Waals surface area contributed by atoms with Crippen molar-refractivity contribution in [2.24, 2.45) is 16.6 Å². The van der Waals surface area contributed by atoms with E-state index in [9.17, 15) is 0 Å². The first-order valence-corrected chi connectivity index (χ1v) is 6.69. The third-order valence-corrected chi connectivity index (χ3v) is 3.97. The SMILES string of the molecule is NC(=NC1CN2CCC1CC2)Nc1ccccc1. The number of hydrogen-bond donors (Lipinski definition) is 2. The van der Waals surface area contributed by atoms with E-state index < -0.39 is 0 Å². The van der Waals surface area contributed by atoms with Gasteiger partial charge in [-0.3, -0.25) is 0 Å². The number of nitrogens with two attached hydrogens (primary N) is 1. The molecule has 2 bridgehead atoms. The Hall–Kier alpha value is -1.55. The molecule has 3 heterocycles. The van der Waals surface area contributed by atoms with Gasteiger partial charge in [-0.05, 0) is 44.0 Å². The van der Waals surface area contributed by atoms with Crippen LogP contribution in [0, 0.1) is 5.92 Å². The largest absolute Gasteiger partial charge is 0.370 e. The number of nitrogens with one attached hydrogen (secondary N) is 1. The lowest BCUT2D eigenvalue weighted by molar-refractivity contribution is 0.0906. The number of aliphatic imine (C=N–C) groups is 1. The summed E-state index contributed by atoms with van der Waals surface area (Å²) in [4.78, 5) is 7.15. The second-order valence-corrected chi connectivity index (χ2v) is 5.21. The minimum atomic E-state index is 0.378. The normalized spacial score (nSPS) is 31.3. The zero-order chi connectivity index (χ0) is 12.4. The molecule has 0 aliphatic carbocycles. The van der Waals surface area contributed by atoms with Crippen LogP contribution in [0.4, 0.5) is 5.69 Å². The highest BCUT2D eigenvalue weighted by atomic mass is 15.2. The van der Waals surface area contributed by atoms with Gasteiger partial charge in [-0.15, -0.1) is 0 Å². The second kappa shape index (κ2) is 4.98. The average Bonchev–Trinajstić information content (AvgIpc) is 2.41. The molecule has 3 aliphatic rings. The van der Waals surface area contributed by atoms with Crippen molar-refractivity contribution in [1.82, 2.24) is 4.90 Å². The third-order valence-electron chi connectivity index (χ3n) is 3.97. The van der Waals surface area contributed by atoms with Gasteiger partial charge >= 0.3 is 0 Å². The molecule has 4 heteroatoms. The number of para-hydroxylation sites is 1. The molecule has 0 spiro atoms. The summed E-state index contributed by atoms with van der Waals surface area (Å²) in [6.45, 7) is 3.55. The first-order valence-electron chi connectivity index (χ1n) is 6.69. The summed E-state index contributed by atoms with van der Waals surface area (Å²) in [6, 6.07) is 10.3. The van der Waals surface area contributed by atoms with Crippen LogP contribution in [0.25, 0.3) is 0 Å². The zero-order valence-electron chi connectivity index (χ0n) is 10.5. The maximum absolute atomic E-state index is 5.99. The van der Waals surface area contributed by atoms with Crippen LogP contribution in [0.15, 0.2) is 35.3 Å². The Kier molecular flexibility index (Phi) is 3.19.